The highest BCUT2D eigenvalue weighted by Crippen LogP contribution is 2.21. The number of nitrogens with one attached hydrogen (secondary N) is 4. The number of carbonyl (C=O) groups is 2. The first-order chi connectivity index (χ1) is 13.9. The van der Waals surface area contributed by atoms with Crippen molar-refractivity contribution in [1.29, 1.82) is 0 Å². The van der Waals surface area contributed by atoms with Crippen LogP contribution in [0.3, 0.4) is 0 Å². The molecular weight excluding hydrogens is 372 g/mol. The van der Waals surface area contributed by atoms with Gasteiger partial charge in [0.2, 0.25) is 5.95 Å². The fourth-order valence-electron chi connectivity index (χ4n) is 2.99. The molecule has 29 heavy (non-hydrogen) atoms. The van der Waals surface area contributed by atoms with Crippen LogP contribution in [-0.4, -0.2) is 31.8 Å². The molecule has 9 nitrogen and oxygen atoms in total. The average Bonchev–Trinajstić information content (AvgIpc) is 3.30. The molecule has 2 amide bonds. The fourth-order valence-corrected chi connectivity index (χ4v) is 2.99. The minimum atomic E-state index is -0.588. The molecule has 0 aliphatic rings. The number of aryl methyl sites for hydroxylation is 2. The Balaban J connectivity index is 1.54. The van der Waals surface area contributed by atoms with Gasteiger partial charge in [0.15, 0.2) is 11.4 Å². The lowest BCUT2D eigenvalue weighted by Crippen LogP contribution is -2.21. The Morgan fingerprint density at radius 3 is 2.62 bits per heavy atom. The van der Waals surface area contributed by atoms with Gasteiger partial charge < -0.3 is 15.3 Å². The lowest BCUT2D eigenvalue weighted by atomic mass is 10.1. The van der Waals surface area contributed by atoms with Gasteiger partial charge in [-0.3, -0.25) is 20.0 Å². The van der Waals surface area contributed by atoms with Gasteiger partial charge >= 0.3 is 0 Å². The number of hydrogen-bond donors (Lipinski definition) is 4. The van der Waals surface area contributed by atoms with Crippen LogP contribution in [0.5, 0.6) is 5.75 Å². The summed E-state index contributed by atoms with van der Waals surface area (Å²) in [4.78, 5) is 39.0. The van der Waals surface area contributed by atoms with Crippen LogP contribution in [0, 0.1) is 13.8 Å². The van der Waals surface area contributed by atoms with E-state index in [4.69, 9.17) is 0 Å². The number of anilines is 2. The minimum absolute atomic E-state index is 0.00256. The van der Waals surface area contributed by atoms with E-state index in [1.807, 2.05) is 26.0 Å². The summed E-state index contributed by atoms with van der Waals surface area (Å²) in [6, 6.07) is 9.96. The zero-order valence-electron chi connectivity index (χ0n) is 15.7. The number of imidazole rings is 2. The Bertz CT molecular complexity index is 1240. The van der Waals surface area contributed by atoms with Crippen molar-refractivity contribution in [2.75, 3.05) is 10.6 Å². The number of nitrogens with zero attached hydrogens (tertiary/aromatic N) is 2. The molecule has 4 aromatic rings. The summed E-state index contributed by atoms with van der Waals surface area (Å²) >= 11 is 0. The SMILES string of the molecule is Cc1ccc(NC(=O)c2nc[nH]c2C(=O)Nc2nc3ccc([O])cc3[nH]2)c(C)c1. The second kappa shape index (κ2) is 7.12. The number of fused-ring (bicyclic) bond motifs is 1. The summed E-state index contributed by atoms with van der Waals surface area (Å²) in [7, 11) is 0. The van der Waals surface area contributed by atoms with E-state index in [0.717, 1.165) is 11.1 Å². The van der Waals surface area contributed by atoms with E-state index >= 15 is 0 Å². The van der Waals surface area contributed by atoms with E-state index < -0.39 is 11.8 Å². The summed E-state index contributed by atoms with van der Waals surface area (Å²) < 4.78 is 0. The number of aromatic nitrogens is 4. The number of aromatic amines is 2. The Hall–Kier alpha value is -4.14. The maximum Gasteiger partial charge on any atom is 0.276 e. The maximum absolute atomic E-state index is 12.6. The molecule has 0 aliphatic heterocycles. The van der Waals surface area contributed by atoms with E-state index in [9.17, 15) is 14.7 Å². The molecule has 0 unspecified atom stereocenters. The molecule has 2 heterocycles. The Morgan fingerprint density at radius 2 is 1.83 bits per heavy atom. The van der Waals surface area contributed by atoms with Gasteiger partial charge in [0.25, 0.3) is 11.8 Å². The molecule has 0 saturated heterocycles. The zero-order valence-corrected chi connectivity index (χ0v) is 15.7. The molecule has 9 heteroatoms. The van der Waals surface area contributed by atoms with Crippen molar-refractivity contribution in [3.63, 3.8) is 0 Å². The number of hydrogen-bond acceptors (Lipinski definition) is 4. The average molecular weight is 389 g/mol. The van der Waals surface area contributed by atoms with Gasteiger partial charge in [-0.25, -0.2) is 9.97 Å². The van der Waals surface area contributed by atoms with E-state index in [0.29, 0.717) is 16.7 Å². The zero-order chi connectivity index (χ0) is 20.5. The quantitative estimate of drug-likeness (QED) is 0.424. The number of H-pyrrole nitrogens is 2. The fraction of sp³-hybridized carbons (Fsp3) is 0.100. The molecule has 145 valence electrons. The summed E-state index contributed by atoms with van der Waals surface area (Å²) in [5.41, 5.74) is 3.62. The van der Waals surface area contributed by atoms with E-state index in [1.165, 1.54) is 18.5 Å². The molecule has 4 N–H and O–H groups in total. The number of amides is 2. The largest absolute Gasteiger partial charge is 0.340 e. The Labute approximate surface area is 165 Å². The first-order valence-corrected chi connectivity index (χ1v) is 8.81. The van der Waals surface area contributed by atoms with Crippen molar-refractivity contribution in [3.05, 3.63) is 65.2 Å². The molecule has 0 atom stereocenters. The molecule has 2 aromatic carbocycles. The predicted molar refractivity (Wildman–Crippen MR) is 107 cm³/mol. The number of carbonyl (C=O) groups excluding carboxylic acids is 2. The molecule has 2 aromatic heterocycles. The molecule has 0 bridgehead atoms. The van der Waals surface area contributed by atoms with Crippen molar-refractivity contribution in [1.82, 2.24) is 19.9 Å². The van der Waals surface area contributed by atoms with Crippen molar-refractivity contribution in [2.45, 2.75) is 13.8 Å². The van der Waals surface area contributed by atoms with Crippen LogP contribution in [0.15, 0.2) is 42.7 Å². The van der Waals surface area contributed by atoms with E-state index in [1.54, 1.807) is 12.1 Å². The first kappa shape index (κ1) is 18.2. The Kier molecular flexibility index (Phi) is 4.47. The van der Waals surface area contributed by atoms with E-state index in [2.05, 4.69) is 30.6 Å². The highest BCUT2D eigenvalue weighted by atomic mass is 16.3. The van der Waals surface area contributed by atoms with Crippen molar-refractivity contribution >= 4 is 34.5 Å². The van der Waals surface area contributed by atoms with Crippen LogP contribution >= 0.6 is 0 Å². The van der Waals surface area contributed by atoms with Crippen molar-refractivity contribution in [3.8, 4) is 5.75 Å². The van der Waals surface area contributed by atoms with Crippen LogP contribution in [0.4, 0.5) is 11.6 Å². The van der Waals surface area contributed by atoms with Gasteiger partial charge in [-0.1, -0.05) is 17.7 Å². The maximum atomic E-state index is 12.6. The molecule has 0 aliphatic carbocycles. The highest BCUT2D eigenvalue weighted by Gasteiger charge is 2.22. The molecule has 0 saturated carbocycles. The second-order valence-electron chi connectivity index (χ2n) is 6.62. The van der Waals surface area contributed by atoms with Gasteiger partial charge in [-0.05, 0) is 37.6 Å². The number of benzene rings is 2. The molecular formula is C20H17N6O3. The third kappa shape index (κ3) is 3.65. The molecule has 4 rings (SSSR count). The third-order valence-corrected chi connectivity index (χ3v) is 4.40. The predicted octanol–water partition coefficient (Wildman–Crippen LogP) is 3.55. The van der Waals surface area contributed by atoms with Crippen LogP contribution in [0.2, 0.25) is 0 Å². The molecule has 0 spiro atoms. The normalized spacial score (nSPS) is 10.8. The van der Waals surface area contributed by atoms with Crippen LogP contribution < -0.4 is 10.6 Å². The van der Waals surface area contributed by atoms with Crippen molar-refractivity contribution < 1.29 is 14.7 Å². The number of rotatable bonds is 4. The summed E-state index contributed by atoms with van der Waals surface area (Å²) in [5, 5.41) is 16.8. The van der Waals surface area contributed by atoms with Gasteiger partial charge in [-0.15, -0.1) is 0 Å². The van der Waals surface area contributed by atoms with Crippen LogP contribution in [0.1, 0.15) is 32.1 Å². The summed E-state index contributed by atoms with van der Waals surface area (Å²) in [5.74, 6) is -1.11. The summed E-state index contributed by atoms with van der Waals surface area (Å²) in [6.07, 6.45) is 1.27. The van der Waals surface area contributed by atoms with Crippen molar-refractivity contribution in [2.24, 2.45) is 0 Å². The lowest BCUT2D eigenvalue weighted by Gasteiger charge is -2.09. The lowest BCUT2D eigenvalue weighted by molar-refractivity contribution is 0.0985. The van der Waals surface area contributed by atoms with Gasteiger partial charge in [0.1, 0.15) is 5.69 Å². The second-order valence-corrected chi connectivity index (χ2v) is 6.62. The smallest absolute Gasteiger partial charge is 0.276 e. The standard InChI is InChI=1S/C20H17N6O3/c1-10-3-5-13(11(2)7-10)23-18(28)16-17(22-9-21-16)19(29)26-20-24-14-6-4-12(27)8-15(14)25-20/h3-9H,1-2H3,(H,21,22)(H,23,28)(H2,24,25,26,29). The monoisotopic (exact) mass is 389 g/mol. The van der Waals surface area contributed by atoms with Crippen LogP contribution in [0.25, 0.3) is 11.0 Å². The molecule has 0 fully saturated rings. The highest BCUT2D eigenvalue weighted by molar-refractivity contribution is 6.13. The van der Waals surface area contributed by atoms with E-state index in [-0.39, 0.29) is 23.1 Å². The third-order valence-electron chi connectivity index (χ3n) is 4.40. The Morgan fingerprint density at radius 1 is 1.00 bits per heavy atom. The van der Waals surface area contributed by atoms with Crippen LogP contribution in [-0.2, 0) is 5.11 Å². The van der Waals surface area contributed by atoms with Gasteiger partial charge in [-0.2, -0.15) is 0 Å². The minimum Gasteiger partial charge on any atom is -0.340 e. The molecule has 1 radical (unpaired) electrons. The first-order valence-electron chi connectivity index (χ1n) is 8.81. The van der Waals surface area contributed by atoms with Gasteiger partial charge in [0, 0.05) is 11.8 Å². The topological polar surface area (TPSA) is 135 Å². The van der Waals surface area contributed by atoms with Gasteiger partial charge in [0.05, 0.1) is 17.4 Å². The summed E-state index contributed by atoms with van der Waals surface area (Å²) in [6.45, 7) is 3.85.